The van der Waals surface area contributed by atoms with E-state index >= 15 is 0 Å². The molecule has 2 aliphatic rings. The zero-order valence-electron chi connectivity index (χ0n) is 15.9. The Hall–Kier alpha value is -2.99. The van der Waals surface area contributed by atoms with Gasteiger partial charge in [0.25, 0.3) is 17.7 Å². The molecular formula is C22H23N3O3. The highest BCUT2D eigenvalue weighted by Gasteiger charge is 2.37. The Kier molecular flexibility index (Phi) is 4.96. The first-order valence-corrected chi connectivity index (χ1v) is 9.64. The number of benzene rings is 2. The van der Waals surface area contributed by atoms with Gasteiger partial charge >= 0.3 is 0 Å². The molecule has 0 radical (unpaired) electrons. The molecule has 4 rings (SSSR count). The van der Waals surface area contributed by atoms with Crippen molar-refractivity contribution >= 4 is 23.4 Å². The van der Waals surface area contributed by atoms with Crippen molar-refractivity contribution in [1.82, 2.24) is 10.2 Å². The van der Waals surface area contributed by atoms with E-state index in [0.29, 0.717) is 23.4 Å². The molecule has 2 aromatic carbocycles. The molecular weight excluding hydrogens is 354 g/mol. The van der Waals surface area contributed by atoms with Gasteiger partial charge in [0.05, 0.1) is 16.8 Å². The fraction of sp³-hybridized carbons (Fsp3) is 0.318. The minimum absolute atomic E-state index is 0.226. The first-order chi connectivity index (χ1) is 13.5. The van der Waals surface area contributed by atoms with Gasteiger partial charge in [-0.15, -0.1) is 0 Å². The van der Waals surface area contributed by atoms with Crippen molar-refractivity contribution in [3.63, 3.8) is 0 Å². The van der Waals surface area contributed by atoms with Gasteiger partial charge in [-0.1, -0.05) is 12.1 Å². The van der Waals surface area contributed by atoms with E-state index in [-0.39, 0.29) is 17.4 Å². The molecule has 0 aromatic heterocycles. The third kappa shape index (κ3) is 3.43. The van der Waals surface area contributed by atoms with E-state index in [4.69, 9.17) is 0 Å². The van der Waals surface area contributed by atoms with Crippen LogP contribution in [0.2, 0.25) is 0 Å². The number of fused-ring (bicyclic) bond motifs is 1. The number of hydrogen-bond donors (Lipinski definition) is 1. The quantitative estimate of drug-likeness (QED) is 0.814. The second-order valence-electron chi connectivity index (χ2n) is 7.35. The number of aryl methyl sites for hydroxylation is 1. The van der Waals surface area contributed by atoms with E-state index in [2.05, 4.69) is 10.2 Å². The smallest absolute Gasteiger partial charge is 0.266 e. The molecule has 1 saturated heterocycles. The van der Waals surface area contributed by atoms with Gasteiger partial charge < -0.3 is 10.2 Å². The van der Waals surface area contributed by atoms with Gasteiger partial charge in [-0.3, -0.25) is 14.4 Å². The number of amides is 3. The van der Waals surface area contributed by atoms with Crippen LogP contribution >= 0.6 is 0 Å². The standard InChI is InChI=1S/C22H23N3O3/c1-15-5-4-6-17(13-15)25-21(27)18-8-7-16(14-19(18)22(25)28)20(26)23-9-12-24-10-2-3-11-24/h4-8,13-14H,2-3,9-12H2,1H3,(H,23,26). The lowest BCUT2D eigenvalue weighted by Crippen LogP contribution is -2.33. The average Bonchev–Trinajstić information content (AvgIpc) is 3.28. The van der Waals surface area contributed by atoms with Gasteiger partial charge in [0.15, 0.2) is 0 Å². The number of rotatable bonds is 5. The van der Waals surface area contributed by atoms with Crippen molar-refractivity contribution in [3.05, 3.63) is 64.7 Å². The molecule has 0 saturated carbocycles. The van der Waals surface area contributed by atoms with Crippen LogP contribution < -0.4 is 10.2 Å². The number of anilines is 1. The van der Waals surface area contributed by atoms with Crippen molar-refractivity contribution < 1.29 is 14.4 Å². The lowest BCUT2D eigenvalue weighted by molar-refractivity contribution is 0.0923. The number of carbonyl (C=O) groups excluding carboxylic acids is 3. The van der Waals surface area contributed by atoms with E-state index < -0.39 is 5.91 Å². The van der Waals surface area contributed by atoms with E-state index in [9.17, 15) is 14.4 Å². The van der Waals surface area contributed by atoms with Crippen molar-refractivity contribution in [3.8, 4) is 0 Å². The predicted molar refractivity (Wildman–Crippen MR) is 107 cm³/mol. The molecule has 0 atom stereocenters. The van der Waals surface area contributed by atoms with Gasteiger partial charge in [0.1, 0.15) is 0 Å². The summed E-state index contributed by atoms with van der Waals surface area (Å²) < 4.78 is 0. The zero-order chi connectivity index (χ0) is 19.7. The maximum atomic E-state index is 12.8. The topological polar surface area (TPSA) is 69.7 Å². The summed E-state index contributed by atoms with van der Waals surface area (Å²) in [7, 11) is 0. The summed E-state index contributed by atoms with van der Waals surface area (Å²) in [5.74, 6) is -0.972. The monoisotopic (exact) mass is 377 g/mol. The van der Waals surface area contributed by atoms with Crippen molar-refractivity contribution in [2.24, 2.45) is 0 Å². The Labute approximate surface area is 164 Å². The summed E-state index contributed by atoms with van der Waals surface area (Å²) in [6.07, 6.45) is 2.43. The van der Waals surface area contributed by atoms with Crippen LogP contribution in [0, 0.1) is 6.92 Å². The molecule has 2 heterocycles. The van der Waals surface area contributed by atoms with Crippen LogP contribution in [-0.4, -0.2) is 48.8 Å². The highest BCUT2D eigenvalue weighted by atomic mass is 16.2. The SMILES string of the molecule is Cc1cccc(N2C(=O)c3ccc(C(=O)NCCN4CCCC4)cc3C2=O)c1. The Morgan fingerprint density at radius 2 is 1.75 bits per heavy atom. The Bertz CT molecular complexity index is 948. The highest BCUT2D eigenvalue weighted by Crippen LogP contribution is 2.29. The van der Waals surface area contributed by atoms with Crippen molar-refractivity contribution in [2.45, 2.75) is 19.8 Å². The Balaban J connectivity index is 1.49. The van der Waals surface area contributed by atoms with Crippen molar-refractivity contribution in [1.29, 1.82) is 0 Å². The maximum Gasteiger partial charge on any atom is 0.266 e. The van der Waals surface area contributed by atoms with Gasteiger partial charge in [0, 0.05) is 18.7 Å². The summed E-state index contributed by atoms with van der Waals surface area (Å²) in [4.78, 5) is 41.5. The molecule has 3 amide bonds. The van der Waals surface area contributed by atoms with Gasteiger partial charge in [-0.05, 0) is 68.8 Å². The molecule has 0 unspecified atom stereocenters. The van der Waals surface area contributed by atoms with Crippen LogP contribution in [-0.2, 0) is 0 Å². The molecule has 2 aromatic rings. The third-order valence-corrected chi connectivity index (χ3v) is 5.32. The van der Waals surface area contributed by atoms with Crippen LogP contribution in [0.1, 0.15) is 49.5 Å². The largest absolute Gasteiger partial charge is 0.351 e. The number of likely N-dealkylation sites (tertiary alicyclic amines) is 1. The summed E-state index contributed by atoms with van der Waals surface area (Å²) in [6.45, 7) is 5.47. The highest BCUT2D eigenvalue weighted by molar-refractivity contribution is 6.34. The Morgan fingerprint density at radius 3 is 2.50 bits per heavy atom. The van der Waals surface area contributed by atoms with E-state index in [1.54, 1.807) is 24.3 Å². The summed E-state index contributed by atoms with van der Waals surface area (Å²) in [6, 6.07) is 12.0. The second kappa shape index (κ2) is 7.56. The Morgan fingerprint density at radius 1 is 1.00 bits per heavy atom. The fourth-order valence-electron chi connectivity index (χ4n) is 3.82. The van der Waals surface area contributed by atoms with Gasteiger partial charge in [-0.25, -0.2) is 4.90 Å². The first kappa shape index (κ1) is 18.4. The normalized spacial score (nSPS) is 16.5. The summed E-state index contributed by atoms with van der Waals surface area (Å²) >= 11 is 0. The van der Waals surface area contributed by atoms with E-state index in [1.807, 2.05) is 19.1 Å². The molecule has 144 valence electrons. The van der Waals surface area contributed by atoms with E-state index in [1.165, 1.54) is 23.8 Å². The van der Waals surface area contributed by atoms with Crippen LogP contribution in [0.15, 0.2) is 42.5 Å². The molecule has 28 heavy (non-hydrogen) atoms. The van der Waals surface area contributed by atoms with Gasteiger partial charge in [0.2, 0.25) is 0 Å². The zero-order valence-corrected chi connectivity index (χ0v) is 15.9. The average molecular weight is 377 g/mol. The molecule has 2 aliphatic heterocycles. The molecule has 6 nitrogen and oxygen atoms in total. The lowest BCUT2D eigenvalue weighted by atomic mass is 10.1. The number of nitrogens with zero attached hydrogens (tertiary/aromatic N) is 2. The van der Waals surface area contributed by atoms with Crippen molar-refractivity contribution in [2.75, 3.05) is 31.1 Å². The van der Waals surface area contributed by atoms with E-state index in [0.717, 1.165) is 25.2 Å². The number of hydrogen-bond acceptors (Lipinski definition) is 4. The molecule has 1 fully saturated rings. The molecule has 0 spiro atoms. The maximum absolute atomic E-state index is 12.8. The number of nitrogens with one attached hydrogen (secondary N) is 1. The minimum Gasteiger partial charge on any atom is -0.351 e. The molecule has 6 heteroatoms. The number of carbonyl (C=O) groups is 3. The summed E-state index contributed by atoms with van der Waals surface area (Å²) in [5, 5.41) is 2.90. The van der Waals surface area contributed by atoms with Crippen LogP contribution in [0.4, 0.5) is 5.69 Å². The van der Waals surface area contributed by atoms with Gasteiger partial charge in [-0.2, -0.15) is 0 Å². The third-order valence-electron chi connectivity index (χ3n) is 5.32. The van der Waals surface area contributed by atoms with Crippen LogP contribution in [0.3, 0.4) is 0 Å². The fourth-order valence-corrected chi connectivity index (χ4v) is 3.82. The molecule has 1 N–H and O–H groups in total. The summed E-state index contributed by atoms with van der Waals surface area (Å²) in [5.41, 5.74) is 2.51. The van der Waals surface area contributed by atoms with Crippen LogP contribution in [0.25, 0.3) is 0 Å². The molecule has 0 aliphatic carbocycles. The first-order valence-electron chi connectivity index (χ1n) is 9.64. The lowest BCUT2D eigenvalue weighted by Gasteiger charge is -2.14. The number of imide groups is 1. The molecule has 0 bridgehead atoms. The minimum atomic E-state index is -0.391. The predicted octanol–water partition coefficient (Wildman–Crippen LogP) is 2.62. The van der Waals surface area contributed by atoms with Crippen LogP contribution in [0.5, 0.6) is 0 Å². The second-order valence-corrected chi connectivity index (χ2v) is 7.35.